The number of benzene rings is 1. The van der Waals surface area contributed by atoms with Crippen molar-refractivity contribution < 1.29 is 9.47 Å². The smallest absolute Gasteiger partial charge is 0.0732 e. The molecular formula is C20H21NO2S2. The minimum atomic E-state index is 0.666. The molecule has 0 N–H and O–H groups in total. The average Bonchev–Trinajstić information content (AvgIpc) is 3.29. The van der Waals surface area contributed by atoms with Gasteiger partial charge in [-0.05, 0) is 46.2 Å². The van der Waals surface area contributed by atoms with Crippen LogP contribution in [0.5, 0.6) is 0 Å². The van der Waals surface area contributed by atoms with E-state index in [1.807, 2.05) is 6.07 Å². The minimum absolute atomic E-state index is 0.666. The van der Waals surface area contributed by atoms with Gasteiger partial charge < -0.3 is 14.4 Å². The van der Waals surface area contributed by atoms with Gasteiger partial charge in [-0.3, -0.25) is 0 Å². The molecule has 0 amide bonds. The van der Waals surface area contributed by atoms with Crippen molar-refractivity contribution in [2.45, 2.75) is 13.2 Å². The molecule has 0 saturated carbocycles. The van der Waals surface area contributed by atoms with Crippen LogP contribution in [0.2, 0.25) is 0 Å². The first-order chi connectivity index (χ1) is 12.4. The summed E-state index contributed by atoms with van der Waals surface area (Å²) in [6, 6.07) is 14.9. The number of hydrogen-bond acceptors (Lipinski definition) is 5. The van der Waals surface area contributed by atoms with Crippen LogP contribution in [0.1, 0.15) is 11.1 Å². The second kappa shape index (κ2) is 8.15. The maximum Gasteiger partial charge on any atom is 0.0732 e. The molecule has 3 nitrogen and oxygen atoms in total. The van der Waals surface area contributed by atoms with Crippen LogP contribution in [0.15, 0.2) is 53.2 Å². The Kier molecular flexibility index (Phi) is 5.47. The second-order valence-electron chi connectivity index (χ2n) is 5.98. The highest BCUT2D eigenvalue weighted by Gasteiger charge is 2.15. The predicted molar refractivity (Wildman–Crippen MR) is 106 cm³/mol. The number of nitrogens with zero attached hydrogens (tertiary/aromatic N) is 1. The maximum atomic E-state index is 6.00. The van der Waals surface area contributed by atoms with Gasteiger partial charge in [0.25, 0.3) is 0 Å². The van der Waals surface area contributed by atoms with Gasteiger partial charge in [0.05, 0.1) is 36.2 Å². The molecule has 0 spiro atoms. The van der Waals surface area contributed by atoms with E-state index in [1.54, 1.807) is 22.7 Å². The standard InChI is InChI=1S/C20H21NO2S2/c1-2-4-18(5-3-1)21-8-10-22-14-16-6-12-24-19(16)20-17(7-13-25-20)15-23-11-9-21/h1-7,12-13H,8-11,14-15H2. The van der Waals surface area contributed by atoms with E-state index in [0.717, 1.165) is 13.1 Å². The third-order valence-electron chi connectivity index (χ3n) is 4.35. The zero-order chi connectivity index (χ0) is 16.9. The Hall–Kier alpha value is -1.66. The van der Waals surface area contributed by atoms with Gasteiger partial charge in [-0.2, -0.15) is 0 Å². The summed E-state index contributed by atoms with van der Waals surface area (Å²) in [5.74, 6) is 0. The van der Waals surface area contributed by atoms with Crippen LogP contribution in [-0.2, 0) is 22.7 Å². The monoisotopic (exact) mass is 371 g/mol. The molecule has 0 aliphatic carbocycles. The first-order valence-electron chi connectivity index (χ1n) is 8.50. The van der Waals surface area contributed by atoms with E-state index in [2.05, 4.69) is 52.1 Å². The van der Waals surface area contributed by atoms with E-state index in [4.69, 9.17) is 9.47 Å². The Labute approximate surface area is 156 Å². The fourth-order valence-electron chi connectivity index (χ4n) is 3.02. The van der Waals surface area contributed by atoms with Crippen molar-refractivity contribution in [1.82, 2.24) is 0 Å². The van der Waals surface area contributed by atoms with Crippen molar-refractivity contribution in [1.29, 1.82) is 0 Å². The Morgan fingerprint density at radius 3 is 1.84 bits per heavy atom. The summed E-state index contributed by atoms with van der Waals surface area (Å²) in [5, 5.41) is 4.31. The van der Waals surface area contributed by atoms with Crippen molar-refractivity contribution in [3.8, 4) is 9.75 Å². The third-order valence-corrected chi connectivity index (χ3v) is 6.42. The van der Waals surface area contributed by atoms with Crippen molar-refractivity contribution in [3.05, 3.63) is 64.4 Å². The fourth-order valence-corrected chi connectivity index (χ4v) is 5.08. The Morgan fingerprint density at radius 2 is 1.28 bits per heavy atom. The van der Waals surface area contributed by atoms with E-state index in [0.29, 0.717) is 26.4 Å². The highest BCUT2D eigenvalue weighted by atomic mass is 32.1. The summed E-state index contributed by atoms with van der Waals surface area (Å²) >= 11 is 3.58. The lowest BCUT2D eigenvalue weighted by atomic mass is 10.2. The molecule has 4 rings (SSSR count). The number of para-hydroxylation sites is 1. The lowest BCUT2D eigenvalue weighted by Gasteiger charge is -2.24. The largest absolute Gasteiger partial charge is 0.375 e. The summed E-state index contributed by atoms with van der Waals surface area (Å²) in [6.07, 6.45) is 0. The Balaban J connectivity index is 1.54. The molecule has 0 saturated heterocycles. The molecule has 3 heterocycles. The van der Waals surface area contributed by atoms with Crippen LogP contribution in [0, 0.1) is 0 Å². The van der Waals surface area contributed by atoms with Crippen LogP contribution >= 0.6 is 22.7 Å². The van der Waals surface area contributed by atoms with Crippen molar-refractivity contribution >= 4 is 28.4 Å². The highest BCUT2D eigenvalue weighted by Crippen LogP contribution is 2.37. The SMILES string of the molecule is c1ccc(N2CCOCc3ccsc3-c3sccc3COCC2)cc1. The van der Waals surface area contributed by atoms with Gasteiger partial charge in [0.2, 0.25) is 0 Å². The molecule has 1 aliphatic rings. The normalized spacial score (nSPS) is 16.2. The van der Waals surface area contributed by atoms with E-state index in [9.17, 15) is 0 Å². The first kappa shape index (κ1) is 16.8. The van der Waals surface area contributed by atoms with Crippen molar-refractivity contribution in [2.75, 3.05) is 31.2 Å². The van der Waals surface area contributed by atoms with Crippen molar-refractivity contribution in [2.24, 2.45) is 0 Å². The highest BCUT2D eigenvalue weighted by molar-refractivity contribution is 7.20. The minimum Gasteiger partial charge on any atom is -0.375 e. The molecule has 25 heavy (non-hydrogen) atoms. The topological polar surface area (TPSA) is 21.7 Å². The zero-order valence-corrected chi connectivity index (χ0v) is 15.7. The van der Waals surface area contributed by atoms with E-state index in [1.165, 1.54) is 26.6 Å². The third kappa shape index (κ3) is 3.96. The summed E-state index contributed by atoms with van der Waals surface area (Å²) in [4.78, 5) is 4.99. The van der Waals surface area contributed by atoms with Crippen LogP contribution in [0.3, 0.4) is 0 Å². The summed E-state index contributed by atoms with van der Waals surface area (Å²) in [7, 11) is 0. The van der Waals surface area contributed by atoms with Gasteiger partial charge in [0.1, 0.15) is 0 Å². The number of hydrogen-bond donors (Lipinski definition) is 0. The molecule has 1 aliphatic heterocycles. The molecule has 0 unspecified atom stereocenters. The van der Waals surface area contributed by atoms with Gasteiger partial charge in [-0.25, -0.2) is 0 Å². The first-order valence-corrected chi connectivity index (χ1v) is 10.3. The molecule has 5 heteroatoms. The van der Waals surface area contributed by atoms with Crippen LogP contribution < -0.4 is 4.90 Å². The maximum absolute atomic E-state index is 6.00. The molecule has 2 aromatic heterocycles. The van der Waals surface area contributed by atoms with Crippen LogP contribution in [-0.4, -0.2) is 26.3 Å². The molecule has 130 valence electrons. The number of thiophene rings is 2. The van der Waals surface area contributed by atoms with Gasteiger partial charge in [-0.1, -0.05) is 18.2 Å². The number of ether oxygens (including phenoxy) is 2. The fraction of sp³-hybridized carbons (Fsp3) is 0.300. The quantitative estimate of drug-likeness (QED) is 0.599. The summed E-state index contributed by atoms with van der Waals surface area (Å²) in [6.45, 7) is 4.49. The second-order valence-corrected chi connectivity index (χ2v) is 7.81. The lowest BCUT2D eigenvalue weighted by molar-refractivity contribution is 0.116. The molecular weight excluding hydrogens is 350 g/mol. The molecule has 0 atom stereocenters. The van der Waals surface area contributed by atoms with Gasteiger partial charge in [0, 0.05) is 18.8 Å². The molecule has 3 aromatic rings. The molecule has 0 radical (unpaired) electrons. The van der Waals surface area contributed by atoms with Gasteiger partial charge in [-0.15, -0.1) is 22.7 Å². The molecule has 1 aromatic carbocycles. The van der Waals surface area contributed by atoms with Crippen LogP contribution in [0.25, 0.3) is 9.75 Å². The number of rotatable bonds is 1. The number of anilines is 1. The molecule has 0 bridgehead atoms. The Bertz CT molecular complexity index is 749. The average molecular weight is 372 g/mol. The van der Waals surface area contributed by atoms with Gasteiger partial charge >= 0.3 is 0 Å². The lowest BCUT2D eigenvalue weighted by Crippen LogP contribution is -2.30. The Morgan fingerprint density at radius 1 is 0.720 bits per heavy atom. The molecule has 0 fully saturated rings. The van der Waals surface area contributed by atoms with E-state index < -0.39 is 0 Å². The predicted octanol–water partition coefficient (Wildman–Crippen LogP) is 5.03. The van der Waals surface area contributed by atoms with E-state index >= 15 is 0 Å². The number of fused-ring (bicyclic) bond motifs is 3. The summed E-state index contributed by atoms with van der Waals surface area (Å²) in [5.41, 5.74) is 3.77. The zero-order valence-electron chi connectivity index (χ0n) is 14.0. The van der Waals surface area contributed by atoms with Gasteiger partial charge in [0.15, 0.2) is 0 Å². The van der Waals surface area contributed by atoms with E-state index in [-0.39, 0.29) is 0 Å². The van der Waals surface area contributed by atoms with Crippen LogP contribution in [0.4, 0.5) is 5.69 Å². The summed E-state index contributed by atoms with van der Waals surface area (Å²) < 4.78 is 12.0. The van der Waals surface area contributed by atoms with Crippen molar-refractivity contribution in [3.63, 3.8) is 0 Å².